The van der Waals surface area contributed by atoms with Gasteiger partial charge in [-0.1, -0.05) is 0 Å². The molecule has 5 heteroatoms. The van der Waals surface area contributed by atoms with E-state index in [0.717, 1.165) is 12.2 Å². The summed E-state index contributed by atoms with van der Waals surface area (Å²) in [6.07, 6.45) is 3.13. The van der Waals surface area contributed by atoms with Gasteiger partial charge >= 0.3 is 11.9 Å². The summed E-state index contributed by atoms with van der Waals surface area (Å²) in [4.78, 5) is 22.1. The summed E-state index contributed by atoms with van der Waals surface area (Å²) in [5, 5.41) is 16.9. The first kappa shape index (κ1) is 11.2. The number of carboxylic acids is 2. The zero-order valence-electron chi connectivity index (χ0n) is 7.39. The molecule has 0 aliphatic rings. The molecule has 0 fully saturated rings. The lowest BCUT2D eigenvalue weighted by molar-refractivity contribution is -0.132. The molecule has 0 heterocycles. The third kappa shape index (κ3) is 5.49. The number of rotatable bonds is 4. The predicted molar refractivity (Wildman–Crippen MR) is 46.2 cm³/mol. The van der Waals surface area contributed by atoms with Crippen LogP contribution in [0.25, 0.3) is 0 Å². The summed E-state index contributed by atoms with van der Waals surface area (Å²) in [7, 11) is 3.30. The summed E-state index contributed by atoms with van der Waals surface area (Å²) in [5.41, 5.74) is -0.0765. The van der Waals surface area contributed by atoms with Crippen molar-refractivity contribution in [2.75, 3.05) is 14.1 Å². The van der Waals surface area contributed by atoms with Gasteiger partial charge in [0.15, 0.2) is 0 Å². The Kier molecular flexibility index (Phi) is 4.29. The first-order valence-electron chi connectivity index (χ1n) is 3.46. The number of hydrogen-bond acceptors (Lipinski definition) is 3. The highest BCUT2D eigenvalue weighted by Crippen LogP contribution is 1.98. The number of aliphatic carboxylic acids is 2. The molecule has 0 saturated carbocycles. The Bertz CT molecular complexity index is 265. The van der Waals surface area contributed by atoms with Crippen LogP contribution in [0.15, 0.2) is 23.9 Å². The molecule has 0 rings (SSSR count). The molecule has 0 atom stereocenters. The Balaban J connectivity index is 4.64. The van der Waals surface area contributed by atoms with E-state index in [-0.39, 0.29) is 5.57 Å². The SMILES string of the molecule is CN(C)C=C(C=CC(=O)O)C(=O)O. The van der Waals surface area contributed by atoms with Gasteiger partial charge < -0.3 is 15.1 Å². The zero-order chi connectivity index (χ0) is 10.4. The fourth-order valence-electron chi connectivity index (χ4n) is 0.609. The smallest absolute Gasteiger partial charge is 0.337 e. The van der Waals surface area contributed by atoms with E-state index in [2.05, 4.69) is 0 Å². The van der Waals surface area contributed by atoms with Gasteiger partial charge in [0.25, 0.3) is 0 Å². The lowest BCUT2D eigenvalue weighted by Crippen LogP contribution is -2.07. The average molecular weight is 185 g/mol. The van der Waals surface area contributed by atoms with Gasteiger partial charge in [-0.05, 0) is 6.08 Å². The van der Waals surface area contributed by atoms with Crippen molar-refractivity contribution in [3.63, 3.8) is 0 Å². The van der Waals surface area contributed by atoms with E-state index in [1.54, 1.807) is 14.1 Å². The van der Waals surface area contributed by atoms with Crippen molar-refractivity contribution >= 4 is 11.9 Å². The summed E-state index contributed by atoms with van der Waals surface area (Å²) in [6, 6.07) is 0. The molecule has 2 N–H and O–H groups in total. The molecule has 72 valence electrons. The fourth-order valence-corrected chi connectivity index (χ4v) is 0.609. The minimum absolute atomic E-state index is 0.0765. The quantitative estimate of drug-likeness (QED) is 0.481. The third-order valence-corrected chi connectivity index (χ3v) is 1.05. The lowest BCUT2D eigenvalue weighted by Gasteiger charge is -2.04. The van der Waals surface area contributed by atoms with Crippen LogP contribution in [0.4, 0.5) is 0 Å². The van der Waals surface area contributed by atoms with Gasteiger partial charge in [-0.15, -0.1) is 0 Å². The minimum Gasteiger partial charge on any atom is -0.478 e. The second-order valence-corrected chi connectivity index (χ2v) is 2.52. The molecular weight excluding hydrogens is 174 g/mol. The molecule has 0 aromatic carbocycles. The highest BCUT2D eigenvalue weighted by atomic mass is 16.4. The van der Waals surface area contributed by atoms with E-state index in [9.17, 15) is 9.59 Å². The molecule has 0 amide bonds. The number of carbonyl (C=O) groups is 2. The largest absolute Gasteiger partial charge is 0.478 e. The van der Waals surface area contributed by atoms with Crippen LogP contribution in [0.2, 0.25) is 0 Å². The van der Waals surface area contributed by atoms with Gasteiger partial charge in [0.05, 0.1) is 5.57 Å². The summed E-state index contributed by atoms with van der Waals surface area (Å²) in [5.74, 6) is -2.34. The van der Waals surface area contributed by atoms with Crippen LogP contribution in [-0.2, 0) is 9.59 Å². The summed E-state index contributed by atoms with van der Waals surface area (Å²) >= 11 is 0. The van der Waals surface area contributed by atoms with Gasteiger partial charge in [-0.3, -0.25) is 0 Å². The lowest BCUT2D eigenvalue weighted by atomic mass is 10.2. The Labute approximate surface area is 75.6 Å². The predicted octanol–water partition coefficient (Wildman–Crippen LogP) is 0.157. The summed E-state index contributed by atoms with van der Waals surface area (Å²) < 4.78 is 0. The number of carboxylic acid groups (broad SMARTS) is 2. The van der Waals surface area contributed by atoms with Crippen LogP contribution in [0.3, 0.4) is 0 Å². The Morgan fingerprint density at radius 3 is 2.00 bits per heavy atom. The van der Waals surface area contributed by atoms with Crippen LogP contribution in [-0.4, -0.2) is 41.1 Å². The van der Waals surface area contributed by atoms with Crippen LogP contribution >= 0.6 is 0 Å². The monoisotopic (exact) mass is 185 g/mol. The average Bonchev–Trinajstić information content (AvgIpc) is 1.96. The molecule has 0 aromatic heterocycles. The molecule has 0 saturated heterocycles. The highest BCUT2D eigenvalue weighted by molar-refractivity contribution is 5.92. The van der Waals surface area contributed by atoms with Crippen molar-refractivity contribution in [3.8, 4) is 0 Å². The van der Waals surface area contributed by atoms with Gasteiger partial charge in [0, 0.05) is 26.4 Å². The van der Waals surface area contributed by atoms with Crippen molar-refractivity contribution in [2.45, 2.75) is 0 Å². The second-order valence-electron chi connectivity index (χ2n) is 2.52. The molecule has 0 aliphatic heterocycles. The van der Waals surface area contributed by atoms with E-state index in [1.807, 2.05) is 0 Å². The van der Waals surface area contributed by atoms with Gasteiger partial charge in [-0.2, -0.15) is 0 Å². The zero-order valence-corrected chi connectivity index (χ0v) is 7.39. The minimum atomic E-state index is -1.18. The van der Waals surface area contributed by atoms with E-state index in [4.69, 9.17) is 10.2 Å². The molecule has 5 nitrogen and oxygen atoms in total. The number of nitrogens with zero attached hydrogens (tertiary/aromatic N) is 1. The van der Waals surface area contributed by atoms with E-state index in [1.165, 1.54) is 11.1 Å². The van der Waals surface area contributed by atoms with Crippen molar-refractivity contribution < 1.29 is 19.8 Å². The molecule has 0 bridgehead atoms. The molecule has 0 unspecified atom stereocenters. The van der Waals surface area contributed by atoms with Crippen LogP contribution in [0, 0.1) is 0 Å². The fraction of sp³-hybridized carbons (Fsp3) is 0.250. The normalized spacial score (nSPS) is 11.7. The Hall–Kier alpha value is -1.78. The van der Waals surface area contributed by atoms with Crippen LogP contribution < -0.4 is 0 Å². The first-order chi connectivity index (χ1) is 5.93. The highest BCUT2D eigenvalue weighted by Gasteiger charge is 2.03. The van der Waals surface area contributed by atoms with Crippen LogP contribution in [0.5, 0.6) is 0 Å². The second kappa shape index (κ2) is 4.97. The Morgan fingerprint density at radius 1 is 1.15 bits per heavy atom. The molecule has 0 spiro atoms. The summed E-state index contributed by atoms with van der Waals surface area (Å²) in [6.45, 7) is 0. The Morgan fingerprint density at radius 2 is 1.69 bits per heavy atom. The maximum absolute atomic E-state index is 10.5. The van der Waals surface area contributed by atoms with Gasteiger partial charge in [0.1, 0.15) is 0 Å². The van der Waals surface area contributed by atoms with Crippen molar-refractivity contribution in [1.82, 2.24) is 4.90 Å². The molecule has 13 heavy (non-hydrogen) atoms. The maximum Gasteiger partial charge on any atom is 0.337 e. The van der Waals surface area contributed by atoms with Gasteiger partial charge in [-0.25, -0.2) is 9.59 Å². The molecular formula is C8H11NO4. The molecule has 0 radical (unpaired) electrons. The van der Waals surface area contributed by atoms with Gasteiger partial charge in [0.2, 0.25) is 0 Å². The molecule has 0 aliphatic carbocycles. The van der Waals surface area contributed by atoms with Crippen molar-refractivity contribution in [3.05, 3.63) is 23.9 Å². The standard InChI is InChI=1S/C8H11NO4/c1-9(2)5-6(8(12)13)3-4-7(10)11/h3-5H,1-2H3,(H,10,11)(H,12,13). The van der Waals surface area contributed by atoms with Crippen LogP contribution in [0.1, 0.15) is 0 Å². The van der Waals surface area contributed by atoms with E-state index in [0.29, 0.717) is 0 Å². The van der Waals surface area contributed by atoms with E-state index >= 15 is 0 Å². The maximum atomic E-state index is 10.5. The van der Waals surface area contributed by atoms with E-state index < -0.39 is 11.9 Å². The van der Waals surface area contributed by atoms with Crippen molar-refractivity contribution in [1.29, 1.82) is 0 Å². The van der Waals surface area contributed by atoms with Crippen molar-refractivity contribution in [2.24, 2.45) is 0 Å². The number of hydrogen-bond donors (Lipinski definition) is 2. The topological polar surface area (TPSA) is 77.8 Å². The first-order valence-corrected chi connectivity index (χ1v) is 3.46. The molecule has 0 aromatic rings. The third-order valence-electron chi connectivity index (χ3n) is 1.05.